The highest BCUT2D eigenvalue weighted by Crippen LogP contribution is 2.37. The largest absolute Gasteiger partial charge is 0.391 e. The minimum Gasteiger partial charge on any atom is -0.391 e. The quantitative estimate of drug-likeness (QED) is 0.782. The number of aldehydes is 1. The summed E-state index contributed by atoms with van der Waals surface area (Å²) in [5.74, 6) is 0. The Morgan fingerprint density at radius 2 is 2.33 bits per heavy atom. The van der Waals surface area contributed by atoms with Gasteiger partial charge >= 0.3 is 0 Å². The first-order chi connectivity index (χ1) is 7.05. The predicted molar refractivity (Wildman–Crippen MR) is 61.8 cm³/mol. The molecule has 1 atom stereocenters. The average Bonchev–Trinajstić information content (AvgIpc) is 2.74. The van der Waals surface area contributed by atoms with Crippen LogP contribution in [-0.2, 0) is 0 Å². The van der Waals surface area contributed by atoms with Gasteiger partial charge in [0.15, 0.2) is 6.29 Å². The summed E-state index contributed by atoms with van der Waals surface area (Å²) in [4.78, 5) is 13.5. The summed E-state index contributed by atoms with van der Waals surface area (Å²) in [6.07, 6.45) is 1.37. The van der Waals surface area contributed by atoms with Gasteiger partial charge in [-0.1, -0.05) is 0 Å². The highest BCUT2D eigenvalue weighted by Gasteiger charge is 2.40. The van der Waals surface area contributed by atoms with Gasteiger partial charge in [-0.15, -0.1) is 11.3 Å². The van der Waals surface area contributed by atoms with Crippen LogP contribution in [0.15, 0.2) is 12.1 Å². The Balaban J connectivity index is 2.28. The van der Waals surface area contributed by atoms with Crippen molar-refractivity contribution < 1.29 is 9.90 Å². The van der Waals surface area contributed by atoms with Crippen LogP contribution in [0.25, 0.3) is 0 Å². The van der Waals surface area contributed by atoms with Crippen LogP contribution < -0.4 is 4.90 Å². The second-order valence-corrected chi connectivity index (χ2v) is 5.50. The fourth-order valence-electron chi connectivity index (χ4n) is 2.02. The minimum atomic E-state index is -0.292. The van der Waals surface area contributed by atoms with Gasteiger partial charge in [-0.3, -0.25) is 4.79 Å². The van der Waals surface area contributed by atoms with Crippen molar-refractivity contribution in [1.82, 2.24) is 0 Å². The first-order valence-corrected chi connectivity index (χ1v) is 5.88. The van der Waals surface area contributed by atoms with E-state index in [1.54, 1.807) is 0 Å². The summed E-state index contributed by atoms with van der Waals surface area (Å²) in [5, 5.41) is 10.9. The van der Waals surface area contributed by atoms with Crippen LogP contribution in [0.5, 0.6) is 0 Å². The lowest BCUT2D eigenvalue weighted by Crippen LogP contribution is -2.44. The summed E-state index contributed by atoms with van der Waals surface area (Å²) in [6, 6.07) is 3.78. The van der Waals surface area contributed by atoms with E-state index >= 15 is 0 Å². The number of anilines is 1. The van der Waals surface area contributed by atoms with Gasteiger partial charge in [0.2, 0.25) is 0 Å². The fraction of sp³-hybridized carbons (Fsp3) is 0.545. The molecule has 1 saturated heterocycles. The second-order valence-electron chi connectivity index (χ2n) is 4.40. The SMILES string of the molecule is CC1(C)C(O)CCN1c1ccc(C=O)s1. The number of hydrogen-bond acceptors (Lipinski definition) is 4. The lowest BCUT2D eigenvalue weighted by atomic mass is 9.99. The molecule has 1 aromatic rings. The third-order valence-corrected chi connectivity index (χ3v) is 4.17. The van der Waals surface area contributed by atoms with Crippen molar-refractivity contribution in [2.45, 2.75) is 31.9 Å². The molecule has 1 aliphatic heterocycles. The molecule has 0 amide bonds. The van der Waals surface area contributed by atoms with Crippen LogP contribution in [0, 0.1) is 0 Å². The van der Waals surface area contributed by atoms with Crippen LogP contribution >= 0.6 is 11.3 Å². The highest BCUT2D eigenvalue weighted by atomic mass is 32.1. The summed E-state index contributed by atoms with van der Waals surface area (Å²) in [5.41, 5.74) is -0.231. The van der Waals surface area contributed by atoms with E-state index in [-0.39, 0.29) is 11.6 Å². The van der Waals surface area contributed by atoms with E-state index < -0.39 is 0 Å². The summed E-state index contributed by atoms with van der Waals surface area (Å²) in [7, 11) is 0. The van der Waals surface area contributed by atoms with Gasteiger partial charge in [-0.25, -0.2) is 0 Å². The van der Waals surface area contributed by atoms with Crippen molar-refractivity contribution in [2.24, 2.45) is 0 Å². The van der Waals surface area contributed by atoms with Crippen molar-refractivity contribution in [3.63, 3.8) is 0 Å². The second kappa shape index (κ2) is 3.61. The Hall–Kier alpha value is -0.870. The van der Waals surface area contributed by atoms with Crippen molar-refractivity contribution in [3.05, 3.63) is 17.0 Å². The zero-order valence-corrected chi connectivity index (χ0v) is 9.75. The van der Waals surface area contributed by atoms with Gasteiger partial charge in [-0.2, -0.15) is 0 Å². The molecule has 4 heteroatoms. The number of carbonyl (C=O) groups excluding carboxylic acids is 1. The molecule has 2 rings (SSSR count). The molecule has 0 radical (unpaired) electrons. The van der Waals surface area contributed by atoms with Crippen molar-refractivity contribution >= 4 is 22.6 Å². The topological polar surface area (TPSA) is 40.5 Å². The maximum absolute atomic E-state index is 10.6. The summed E-state index contributed by atoms with van der Waals surface area (Å²) in [6.45, 7) is 4.92. The first kappa shape index (κ1) is 10.6. The molecule has 82 valence electrons. The normalized spacial score (nSPS) is 24.5. The molecule has 1 aliphatic rings. The van der Waals surface area contributed by atoms with Crippen molar-refractivity contribution in [3.8, 4) is 0 Å². The molecule has 0 saturated carbocycles. The zero-order chi connectivity index (χ0) is 11.1. The summed E-state index contributed by atoms with van der Waals surface area (Å²) < 4.78 is 0. The van der Waals surface area contributed by atoms with Crippen molar-refractivity contribution in [1.29, 1.82) is 0 Å². The molecule has 15 heavy (non-hydrogen) atoms. The minimum absolute atomic E-state index is 0.231. The Kier molecular flexibility index (Phi) is 2.56. The number of carbonyl (C=O) groups is 1. The number of rotatable bonds is 2. The standard InChI is InChI=1S/C11H15NO2S/c1-11(2)9(14)5-6-12(11)10-4-3-8(7-13)15-10/h3-4,7,9,14H,5-6H2,1-2H3. The van der Waals surface area contributed by atoms with E-state index in [4.69, 9.17) is 0 Å². The lowest BCUT2D eigenvalue weighted by Gasteiger charge is -2.34. The zero-order valence-electron chi connectivity index (χ0n) is 8.93. The summed E-state index contributed by atoms with van der Waals surface area (Å²) >= 11 is 1.48. The van der Waals surface area contributed by atoms with Gasteiger partial charge in [-0.05, 0) is 32.4 Å². The van der Waals surface area contributed by atoms with E-state index in [2.05, 4.69) is 4.90 Å². The predicted octanol–water partition coefficient (Wildman–Crippen LogP) is 1.91. The molecule has 0 aliphatic carbocycles. The highest BCUT2D eigenvalue weighted by molar-refractivity contribution is 7.17. The molecule has 2 heterocycles. The van der Waals surface area contributed by atoms with Gasteiger partial charge in [0.05, 0.1) is 21.5 Å². The third-order valence-electron chi connectivity index (χ3n) is 3.13. The van der Waals surface area contributed by atoms with Crippen LogP contribution in [0.2, 0.25) is 0 Å². The number of nitrogens with zero attached hydrogens (tertiary/aromatic N) is 1. The Morgan fingerprint density at radius 3 is 2.80 bits per heavy atom. The van der Waals surface area contributed by atoms with E-state index in [0.29, 0.717) is 0 Å². The van der Waals surface area contributed by atoms with Gasteiger partial charge in [0, 0.05) is 6.54 Å². The van der Waals surface area contributed by atoms with Gasteiger partial charge < -0.3 is 10.0 Å². The van der Waals surface area contributed by atoms with Crippen LogP contribution in [-0.4, -0.2) is 29.6 Å². The van der Waals surface area contributed by atoms with E-state index in [9.17, 15) is 9.90 Å². The monoisotopic (exact) mass is 225 g/mol. The Labute approximate surface area is 93.3 Å². The Bertz CT molecular complexity index is 372. The maximum atomic E-state index is 10.6. The molecular weight excluding hydrogens is 210 g/mol. The van der Waals surface area contributed by atoms with Crippen LogP contribution in [0.1, 0.15) is 29.9 Å². The van der Waals surface area contributed by atoms with Crippen molar-refractivity contribution in [2.75, 3.05) is 11.4 Å². The average molecular weight is 225 g/mol. The number of thiophene rings is 1. The van der Waals surface area contributed by atoms with Crippen LogP contribution in [0.4, 0.5) is 5.00 Å². The van der Waals surface area contributed by atoms with E-state index in [0.717, 1.165) is 29.1 Å². The maximum Gasteiger partial charge on any atom is 0.160 e. The van der Waals surface area contributed by atoms with Gasteiger partial charge in [0.25, 0.3) is 0 Å². The number of aliphatic hydroxyl groups is 1. The molecule has 3 nitrogen and oxygen atoms in total. The molecular formula is C11H15NO2S. The number of hydrogen-bond donors (Lipinski definition) is 1. The fourth-order valence-corrected chi connectivity index (χ4v) is 3.02. The number of aliphatic hydroxyl groups excluding tert-OH is 1. The van der Waals surface area contributed by atoms with E-state index in [1.165, 1.54) is 11.3 Å². The third kappa shape index (κ3) is 1.68. The van der Waals surface area contributed by atoms with E-state index in [1.807, 2.05) is 26.0 Å². The Morgan fingerprint density at radius 1 is 1.60 bits per heavy atom. The molecule has 0 bridgehead atoms. The molecule has 1 N–H and O–H groups in total. The van der Waals surface area contributed by atoms with Crippen LogP contribution in [0.3, 0.4) is 0 Å². The van der Waals surface area contributed by atoms with Gasteiger partial charge in [0.1, 0.15) is 0 Å². The molecule has 1 fully saturated rings. The molecule has 1 aromatic heterocycles. The first-order valence-electron chi connectivity index (χ1n) is 5.06. The molecule has 1 unspecified atom stereocenters. The smallest absolute Gasteiger partial charge is 0.160 e. The molecule has 0 spiro atoms. The molecule has 0 aromatic carbocycles. The lowest BCUT2D eigenvalue weighted by molar-refractivity contribution is 0.112.